The highest BCUT2D eigenvalue weighted by Crippen LogP contribution is 2.32. The molecular formula is C17H22N4O. The lowest BCUT2D eigenvalue weighted by Gasteiger charge is -2.40. The first-order valence-corrected chi connectivity index (χ1v) is 7.56. The molecule has 1 aliphatic heterocycles. The number of hydrogen-bond acceptors (Lipinski definition) is 5. The van der Waals surface area contributed by atoms with Gasteiger partial charge in [-0.2, -0.15) is 0 Å². The van der Waals surface area contributed by atoms with Crippen LogP contribution >= 0.6 is 0 Å². The molecule has 0 amide bonds. The zero-order valence-corrected chi connectivity index (χ0v) is 13.4. The highest BCUT2D eigenvalue weighted by atomic mass is 16.5. The van der Waals surface area contributed by atoms with Gasteiger partial charge in [-0.25, -0.2) is 9.97 Å². The highest BCUT2D eigenvalue weighted by Gasteiger charge is 2.28. The van der Waals surface area contributed by atoms with Gasteiger partial charge in [0.25, 0.3) is 0 Å². The van der Waals surface area contributed by atoms with Crippen LogP contribution in [0.25, 0.3) is 0 Å². The molecule has 0 spiro atoms. The SMILES string of the molecule is COc1ccccc1[C@@H]1CN(c2cc(C)ncn2)CCN1C. The van der Waals surface area contributed by atoms with E-state index >= 15 is 0 Å². The summed E-state index contributed by atoms with van der Waals surface area (Å²) in [6, 6.07) is 10.6. The van der Waals surface area contributed by atoms with Crippen LogP contribution in [0.2, 0.25) is 0 Å². The Labute approximate surface area is 131 Å². The number of ether oxygens (including phenoxy) is 1. The fourth-order valence-electron chi connectivity index (χ4n) is 2.97. The largest absolute Gasteiger partial charge is 0.496 e. The van der Waals surface area contributed by atoms with E-state index in [9.17, 15) is 0 Å². The van der Waals surface area contributed by atoms with Crippen molar-refractivity contribution in [3.63, 3.8) is 0 Å². The molecule has 0 saturated carbocycles. The Kier molecular flexibility index (Phi) is 4.24. The number of para-hydroxylation sites is 1. The third-order valence-corrected chi connectivity index (χ3v) is 4.26. The van der Waals surface area contributed by atoms with Crippen LogP contribution in [0, 0.1) is 6.92 Å². The Morgan fingerprint density at radius 2 is 2.00 bits per heavy atom. The molecule has 5 heteroatoms. The van der Waals surface area contributed by atoms with Gasteiger partial charge in [0.05, 0.1) is 13.2 Å². The van der Waals surface area contributed by atoms with E-state index in [0.29, 0.717) is 6.04 Å². The van der Waals surface area contributed by atoms with Gasteiger partial charge in [-0.1, -0.05) is 18.2 Å². The van der Waals surface area contributed by atoms with Crippen LogP contribution in [0.4, 0.5) is 5.82 Å². The second-order valence-corrected chi connectivity index (χ2v) is 5.70. The predicted octanol–water partition coefficient (Wildman–Crippen LogP) is 2.29. The standard InChI is InChI=1S/C17H22N4O/c1-13-10-17(19-12-18-13)21-9-8-20(2)15(11-21)14-6-4-5-7-16(14)22-3/h4-7,10,12,15H,8-9,11H2,1-3H3/t15-/m0/s1. The maximum atomic E-state index is 5.54. The minimum absolute atomic E-state index is 0.292. The lowest BCUT2D eigenvalue weighted by atomic mass is 10.0. The number of methoxy groups -OCH3 is 1. The minimum Gasteiger partial charge on any atom is -0.496 e. The molecule has 0 aliphatic carbocycles. The van der Waals surface area contributed by atoms with E-state index in [4.69, 9.17) is 4.74 Å². The highest BCUT2D eigenvalue weighted by molar-refractivity contribution is 5.43. The maximum absolute atomic E-state index is 5.54. The van der Waals surface area contributed by atoms with Crippen molar-refractivity contribution >= 4 is 5.82 Å². The fourth-order valence-corrected chi connectivity index (χ4v) is 2.97. The first-order valence-electron chi connectivity index (χ1n) is 7.56. The Hall–Kier alpha value is -2.14. The Morgan fingerprint density at radius 3 is 2.77 bits per heavy atom. The number of rotatable bonds is 3. The Morgan fingerprint density at radius 1 is 1.18 bits per heavy atom. The molecule has 116 valence electrons. The number of aromatic nitrogens is 2. The Bertz CT molecular complexity index is 646. The predicted molar refractivity (Wildman–Crippen MR) is 87.3 cm³/mol. The van der Waals surface area contributed by atoms with Crippen molar-refractivity contribution in [1.82, 2.24) is 14.9 Å². The third kappa shape index (κ3) is 2.90. The lowest BCUT2D eigenvalue weighted by Crippen LogP contribution is -2.47. The quantitative estimate of drug-likeness (QED) is 0.869. The van der Waals surface area contributed by atoms with Crippen LogP contribution in [0.1, 0.15) is 17.3 Å². The number of aryl methyl sites for hydroxylation is 1. The molecule has 0 unspecified atom stereocenters. The average molecular weight is 298 g/mol. The van der Waals surface area contributed by atoms with Gasteiger partial charge in [-0.15, -0.1) is 0 Å². The van der Waals surface area contributed by atoms with Crippen LogP contribution in [-0.4, -0.2) is 48.7 Å². The summed E-state index contributed by atoms with van der Waals surface area (Å²) in [4.78, 5) is 13.3. The number of hydrogen-bond donors (Lipinski definition) is 0. The zero-order valence-electron chi connectivity index (χ0n) is 13.4. The number of piperazine rings is 1. The van der Waals surface area contributed by atoms with Crippen molar-refractivity contribution in [2.45, 2.75) is 13.0 Å². The summed E-state index contributed by atoms with van der Waals surface area (Å²) in [5.41, 5.74) is 2.22. The van der Waals surface area contributed by atoms with E-state index in [1.54, 1.807) is 13.4 Å². The normalized spacial score (nSPS) is 19.2. The molecule has 1 aliphatic rings. The number of nitrogens with zero attached hydrogens (tertiary/aromatic N) is 4. The van der Waals surface area contributed by atoms with E-state index < -0.39 is 0 Å². The molecule has 3 rings (SSSR count). The smallest absolute Gasteiger partial charge is 0.132 e. The number of benzene rings is 1. The molecule has 5 nitrogen and oxygen atoms in total. The van der Waals surface area contributed by atoms with Crippen LogP contribution in [0.3, 0.4) is 0 Å². The van der Waals surface area contributed by atoms with Gasteiger partial charge in [0, 0.05) is 37.0 Å². The van der Waals surface area contributed by atoms with E-state index in [1.807, 2.05) is 25.1 Å². The van der Waals surface area contributed by atoms with Crippen LogP contribution in [0.15, 0.2) is 36.7 Å². The van der Waals surface area contributed by atoms with Crippen molar-refractivity contribution < 1.29 is 4.74 Å². The van der Waals surface area contributed by atoms with E-state index in [0.717, 1.165) is 36.9 Å². The number of likely N-dealkylation sites (N-methyl/N-ethyl adjacent to an activating group) is 1. The molecule has 2 heterocycles. The maximum Gasteiger partial charge on any atom is 0.132 e. The van der Waals surface area contributed by atoms with Crippen LogP contribution in [-0.2, 0) is 0 Å². The summed E-state index contributed by atoms with van der Waals surface area (Å²) in [7, 11) is 3.90. The van der Waals surface area contributed by atoms with E-state index in [-0.39, 0.29) is 0 Å². The monoisotopic (exact) mass is 298 g/mol. The summed E-state index contributed by atoms with van der Waals surface area (Å²) in [6.07, 6.45) is 1.64. The fraction of sp³-hybridized carbons (Fsp3) is 0.412. The van der Waals surface area contributed by atoms with Gasteiger partial charge in [-0.05, 0) is 20.0 Å². The number of anilines is 1. The molecule has 1 saturated heterocycles. The summed E-state index contributed by atoms with van der Waals surface area (Å²) >= 11 is 0. The van der Waals surface area contributed by atoms with Crippen molar-refractivity contribution in [2.75, 3.05) is 38.7 Å². The zero-order chi connectivity index (χ0) is 15.5. The van der Waals surface area contributed by atoms with Crippen LogP contribution in [0.5, 0.6) is 5.75 Å². The topological polar surface area (TPSA) is 41.5 Å². The first-order chi connectivity index (χ1) is 10.7. The van der Waals surface area contributed by atoms with Gasteiger partial charge >= 0.3 is 0 Å². The summed E-state index contributed by atoms with van der Waals surface area (Å²) in [6.45, 7) is 4.86. The van der Waals surface area contributed by atoms with Gasteiger partial charge in [0.2, 0.25) is 0 Å². The second-order valence-electron chi connectivity index (χ2n) is 5.70. The van der Waals surface area contributed by atoms with Crippen molar-refractivity contribution in [2.24, 2.45) is 0 Å². The van der Waals surface area contributed by atoms with Crippen molar-refractivity contribution in [3.8, 4) is 5.75 Å². The molecular weight excluding hydrogens is 276 g/mol. The van der Waals surface area contributed by atoms with E-state index in [1.165, 1.54) is 5.56 Å². The summed E-state index contributed by atoms with van der Waals surface area (Å²) in [5, 5.41) is 0. The lowest BCUT2D eigenvalue weighted by molar-refractivity contribution is 0.216. The second kappa shape index (κ2) is 6.32. The van der Waals surface area contributed by atoms with Crippen molar-refractivity contribution in [3.05, 3.63) is 47.9 Å². The average Bonchev–Trinajstić information content (AvgIpc) is 2.55. The molecule has 1 aromatic carbocycles. The van der Waals surface area contributed by atoms with Crippen molar-refractivity contribution in [1.29, 1.82) is 0 Å². The molecule has 1 atom stereocenters. The summed E-state index contributed by atoms with van der Waals surface area (Å²) in [5.74, 6) is 1.94. The molecule has 22 heavy (non-hydrogen) atoms. The molecule has 1 aromatic heterocycles. The first kappa shape index (κ1) is 14.8. The van der Waals surface area contributed by atoms with Gasteiger partial charge in [-0.3, -0.25) is 4.90 Å². The summed E-state index contributed by atoms with van der Waals surface area (Å²) < 4.78 is 5.54. The van der Waals surface area contributed by atoms with Crippen LogP contribution < -0.4 is 9.64 Å². The van der Waals surface area contributed by atoms with Gasteiger partial charge in [0.1, 0.15) is 17.9 Å². The molecule has 0 N–H and O–H groups in total. The third-order valence-electron chi connectivity index (χ3n) is 4.26. The molecule has 1 fully saturated rings. The van der Waals surface area contributed by atoms with Gasteiger partial charge in [0.15, 0.2) is 0 Å². The van der Waals surface area contributed by atoms with Gasteiger partial charge < -0.3 is 9.64 Å². The van der Waals surface area contributed by atoms with E-state index in [2.05, 4.69) is 38.9 Å². The minimum atomic E-state index is 0.292. The Balaban J connectivity index is 1.88. The molecule has 0 bridgehead atoms. The molecule has 0 radical (unpaired) electrons. The molecule has 2 aromatic rings.